The minimum Gasteiger partial charge on any atom is -0.465 e. The lowest BCUT2D eigenvalue weighted by Gasteiger charge is -2.33. The first kappa shape index (κ1) is 23.1. The molecule has 0 aliphatic carbocycles. The van der Waals surface area contributed by atoms with Crippen molar-refractivity contribution in [1.82, 2.24) is 15.2 Å². The molecule has 172 valence electrons. The van der Waals surface area contributed by atoms with Crippen molar-refractivity contribution in [3.05, 3.63) is 92.9 Å². The maximum atomic E-state index is 12.2. The van der Waals surface area contributed by atoms with Gasteiger partial charge >= 0.3 is 6.09 Å². The number of carbonyl (C=O) groups is 1. The summed E-state index contributed by atoms with van der Waals surface area (Å²) in [7, 11) is 1.76. The van der Waals surface area contributed by atoms with Crippen LogP contribution < -0.4 is 16.2 Å². The second-order valence-electron chi connectivity index (χ2n) is 8.49. The van der Waals surface area contributed by atoms with E-state index in [4.69, 9.17) is 16.7 Å². The number of nitrogens with one attached hydrogen (secondary N) is 2. The molecule has 1 fully saturated rings. The van der Waals surface area contributed by atoms with Gasteiger partial charge in [-0.2, -0.15) is 0 Å². The van der Waals surface area contributed by atoms with Crippen molar-refractivity contribution in [2.45, 2.75) is 24.7 Å². The van der Waals surface area contributed by atoms with Crippen LogP contribution in [0.1, 0.15) is 34.9 Å². The zero-order valence-corrected chi connectivity index (χ0v) is 19.3. The first-order valence-electron chi connectivity index (χ1n) is 11.2. The molecule has 2 aromatic carbocycles. The number of aryl methyl sites for hydroxylation is 1. The second kappa shape index (κ2) is 10.2. The van der Waals surface area contributed by atoms with Gasteiger partial charge in [-0.15, -0.1) is 0 Å². The van der Waals surface area contributed by atoms with E-state index in [1.165, 1.54) is 0 Å². The van der Waals surface area contributed by atoms with Crippen molar-refractivity contribution in [3.8, 4) is 11.1 Å². The van der Waals surface area contributed by atoms with Crippen LogP contribution in [-0.4, -0.2) is 35.4 Å². The lowest BCUT2D eigenvalue weighted by Crippen LogP contribution is -2.34. The number of benzene rings is 2. The number of nitrogens with zero attached hydrogens (tertiary/aromatic N) is 1. The van der Waals surface area contributed by atoms with Crippen LogP contribution in [0.3, 0.4) is 0 Å². The van der Waals surface area contributed by atoms with Crippen molar-refractivity contribution in [3.63, 3.8) is 0 Å². The van der Waals surface area contributed by atoms with Crippen molar-refractivity contribution in [2.75, 3.05) is 19.6 Å². The monoisotopic (exact) mass is 465 g/mol. The third kappa shape index (κ3) is 5.29. The Morgan fingerprint density at radius 3 is 2.76 bits per heavy atom. The highest BCUT2D eigenvalue weighted by molar-refractivity contribution is 6.31. The van der Waals surface area contributed by atoms with Crippen LogP contribution >= 0.6 is 11.6 Å². The summed E-state index contributed by atoms with van der Waals surface area (Å²) in [5, 5.41) is 15.5. The van der Waals surface area contributed by atoms with Crippen molar-refractivity contribution >= 4 is 17.7 Å². The molecule has 0 bridgehead atoms. The van der Waals surface area contributed by atoms with Crippen LogP contribution in [0.4, 0.5) is 4.79 Å². The van der Waals surface area contributed by atoms with Crippen LogP contribution in [0.15, 0.2) is 65.6 Å². The summed E-state index contributed by atoms with van der Waals surface area (Å²) >= 11 is 6.84. The van der Waals surface area contributed by atoms with E-state index in [9.17, 15) is 9.59 Å². The Bertz CT molecular complexity index is 1210. The number of pyridine rings is 1. The number of hydrogen-bond acceptors (Lipinski definition) is 3. The molecule has 3 N–H and O–H groups in total. The van der Waals surface area contributed by atoms with E-state index in [2.05, 4.69) is 22.8 Å². The predicted molar refractivity (Wildman–Crippen MR) is 131 cm³/mol. The highest BCUT2D eigenvalue weighted by Crippen LogP contribution is 2.41. The quantitative estimate of drug-likeness (QED) is 0.504. The molecule has 1 saturated heterocycles. The van der Waals surface area contributed by atoms with Crippen molar-refractivity contribution < 1.29 is 9.90 Å². The molecule has 1 aromatic heterocycles. The molecule has 2 unspecified atom stereocenters. The van der Waals surface area contributed by atoms with Crippen LogP contribution in [0.5, 0.6) is 0 Å². The number of carboxylic acid groups (broad SMARTS) is 1. The smallest absolute Gasteiger partial charge is 0.404 e. The molecule has 2 atom stereocenters. The van der Waals surface area contributed by atoms with Crippen molar-refractivity contribution in [1.29, 1.82) is 0 Å². The third-order valence-electron chi connectivity index (χ3n) is 6.44. The third-order valence-corrected chi connectivity index (χ3v) is 6.76. The fourth-order valence-corrected chi connectivity index (χ4v) is 5.02. The van der Waals surface area contributed by atoms with Gasteiger partial charge in [0.1, 0.15) is 0 Å². The molecular formula is C26H28ClN3O3. The number of piperidine rings is 1. The summed E-state index contributed by atoms with van der Waals surface area (Å²) in [6.07, 6.45) is 2.35. The van der Waals surface area contributed by atoms with Gasteiger partial charge in [0, 0.05) is 43.3 Å². The Labute approximate surface area is 198 Å². The molecule has 0 saturated carbocycles. The van der Waals surface area contributed by atoms with E-state index < -0.39 is 6.09 Å². The molecule has 1 aliphatic heterocycles. The van der Waals surface area contributed by atoms with Gasteiger partial charge in [-0.05, 0) is 65.3 Å². The fraction of sp³-hybridized carbons (Fsp3) is 0.308. The highest BCUT2D eigenvalue weighted by Gasteiger charge is 2.29. The number of hydrogen-bond donors (Lipinski definition) is 3. The Morgan fingerprint density at radius 1 is 1.18 bits per heavy atom. The largest absolute Gasteiger partial charge is 0.465 e. The first-order valence-corrected chi connectivity index (χ1v) is 11.5. The molecule has 0 spiro atoms. The number of amides is 1. The Morgan fingerprint density at radius 2 is 2.00 bits per heavy atom. The van der Waals surface area contributed by atoms with Crippen molar-refractivity contribution in [2.24, 2.45) is 7.05 Å². The van der Waals surface area contributed by atoms with Gasteiger partial charge in [0.15, 0.2) is 0 Å². The van der Waals surface area contributed by atoms with E-state index in [0.717, 1.165) is 47.3 Å². The minimum atomic E-state index is -1.02. The van der Waals surface area contributed by atoms with E-state index in [0.29, 0.717) is 18.0 Å². The van der Waals surface area contributed by atoms with E-state index >= 15 is 0 Å². The SMILES string of the molecule is Cn1ccc(C2CCNCC2c2ccc(-c3ccccc3CCNC(=O)O)cc2Cl)cc1=O. The Balaban J connectivity index is 1.63. The van der Waals surface area contributed by atoms with E-state index in [-0.39, 0.29) is 17.4 Å². The molecular weight excluding hydrogens is 438 g/mol. The summed E-state index contributed by atoms with van der Waals surface area (Å²) in [5.74, 6) is 0.389. The zero-order chi connectivity index (χ0) is 23.4. The average molecular weight is 466 g/mol. The van der Waals surface area contributed by atoms with Crippen LogP contribution in [0.2, 0.25) is 5.02 Å². The number of rotatable bonds is 6. The molecule has 1 amide bonds. The zero-order valence-electron chi connectivity index (χ0n) is 18.6. The molecule has 6 nitrogen and oxygen atoms in total. The molecule has 4 rings (SSSR count). The molecule has 2 heterocycles. The maximum absolute atomic E-state index is 12.2. The first-order chi connectivity index (χ1) is 15.9. The summed E-state index contributed by atoms with van der Waals surface area (Å²) in [6.45, 7) is 2.06. The maximum Gasteiger partial charge on any atom is 0.404 e. The van der Waals surface area contributed by atoms with Gasteiger partial charge in [-0.1, -0.05) is 48.0 Å². The number of halogens is 1. The molecule has 7 heteroatoms. The second-order valence-corrected chi connectivity index (χ2v) is 8.90. The van der Waals surface area contributed by atoms with Gasteiger partial charge < -0.3 is 20.3 Å². The Kier molecular flexibility index (Phi) is 7.16. The lowest BCUT2D eigenvalue weighted by molar-refractivity contribution is 0.194. The predicted octanol–water partition coefficient (Wildman–Crippen LogP) is 4.38. The highest BCUT2D eigenvalue weighted by atomic mass is 35.5. The summed E-state index contributed by atoms with van der Waals surface area (Å²) in [4.78, 5) is 23.0. The topological polar surface area (TPSA) is 83.4 Å². The van der Waals surface area contributed by atoms with Gasteiger partial charge in [-0.3, -0.25) is 4.79 Å². The van der Waals surface area contributed by atoms with E-state index in [1.54, 1.807) is 17.7 Å². The van der Waals surface area contributed by atoms with Crippen LogP contribution in [0.25, 0.3) is 11.1 Å². The van der Waals surface area contributed by atoms with Gasteiger partial charge in [0.05, 0.1) is 0 Å². The summed E-state index contributed by atoms with van der Waals surface area (Å²) in [6, 6.07) is 17.9. The van der Waals surface area contributed by atoms with E-state index in [1.807, 2.05) is 42.6 Å². The van der Waals surface area contributed by atoms with Crippen LogP contribution in [-0.2, 0) is 13.5 Å². The van der Waals surface area contributed by atoms with Crippen LogP contribution in [0, 0.1) is 0 Å². The van der Waals surface area contributed by atoms with Gasteiger partial charge in [0.2, 0.25) is 0 Å². The molecule has 1 aliphatic rings. The fourth-order valence-electron chi connectivity index (χ4n) is 4.70. The minimum absolute atomic E-state index is 0.000206. The molecule has 3 aromatic rings. The molecule has 0 radical (unpaired) electrons. The lowest BCUT2D eigenvalue weighted by atomic mass is 9.77. The standard InChI is InChI=1S/C26H28ClN3O3/c1-30-13-10-19(15-25(30)31)21-9-11-28-16-23(21)22-7-6-18(14-24(22)27)20-5-3-2-4-17(20)8-12-29-26(32)33/h2-7,10,13-15,21,23,28-29H,8-9,11-12,16H2,1H3,(H,32,33). The summed E-state index contributed by atoms with van der Waals surface area (Å²) in [5.41, 5.74) is 5.24. The average Bonchev–Trinajstić information content (AvgIpc) is 2.81. The van der Waals surface area contributed by atoms with Gasteiger partial charge in [0.25, 0.3) is 5.56 Å². The van der Waals surface area contributed by atoms with Gasteiger partial charge in [-0.25, -0.2) is 4.79 Å². The number of aromatic nitrogens is 1. The summed E-state index contributed by atoms with van der Waals surface area (Å²) < 4.78 is 1.59. The molecule has 33 heavy (non-hydrogen) atoms. The Hall–Kier alpha value is -3.09. The normalized spacial score (nSPS) is 18.1.